The molecular weight excluding hydrogens is 537 g/mol. The highest BCUT2D eigenvalue weighted by Gasteiger charge is 2.60. The third-order valence-corrected chi connectivity index (χ3v) is 6.90. The predicted octanol–water partition coefficient (Wildman–Crippen LogP) is 5.17. The van der Waals surface area contributed by atoms with Crippen molar-refractivity contribution in [2.45, 2.75) is 50.8 Å². The Morgan fingerprint density at radius 1 is 0.789 bits per heavy atom. The molecule has 1 aromatic carbocycles. The lowest BCUT2D eigenvalue weighted by Crippen LogP contribution is -2.48. The van der Waals surface area contributed by atoms with Gasteiger partial charge in [0.25, 0.3) is 6.10 Å². The van der Waals surface area contributed by atoms with Crippen LogP contribution in [0.4, 0.5) is 44.3 Å². The number of likely N-dealkylation sites (tertiary alicyclic amines) is 3. The molecule has 4 rings (SSSR count). The first kappa shape index (κ1) is 28.6. The number of fused-ring (bicyclic) bond motifs is 1. The van der Waals surface area contributed by atoms with Crippen molar-refractivity contribution in [2.75, 3.05) is 39.3 Å². The quantitative estimate of drug-likeness (QED) is 0.447. The smallest absolute Gasteiger partial charge is 0.426 e. The summed E-state index contributed by atoms with van der Waals surface area (Å²) in [6, 6.07) is 4.45. The van der Waals surface area contributed by atoms with Crippen LogP contribution in [-0.4, -0.2) is 84.9 Å². The fourth-order valence-electron chi connectivity index (χ4n) is 5.42. The summed E-state index contributed by atoms with van der Waals surface area (Å²) in [5.41, 5.74) is 1.25. The Bertz CT molecular complexity index is 965. The van der Waals surface area contributed by atoms with Crippen molar-refractivity contribution >= 4 is 6.09 Å². The number of carbonyl (C=O) groups is 1. The number of alkyl halides is 9. The number of benzene rings is 1. The molecule has 0 radical (unpaired) electrons. The maximum atomic E-state index is 12.9. The third kappa shape index (κ3) is 7.36. The van der Waals surface area contributed by atoms with Crippen molar-refractivity contribution in [1.82, 2.24) is 14.7 Å². The van der Waals surface area contributed by atoms with Crippen molar-refractivity contribution in [3.8, 4) is 5.75 Å². The fraction of sp³-hybridized carbons (Fsp3) is 0.696. The normalized spacial score (nSPS) is 23.4. The molecule has 0 saturated carbocycles. The first-order valence-corrected chi connectivity index (χ1v) is 12.0. The maximum absolute atomic E-state index is 12.9. The van der Waals surface area contributed by atoms with Crippen molar-refractivity contribution in [3.63, 3.8) is 0 Å². The molecule has 0 aromatic heterocycles. The summed E-state index contributed by atoms with van der Waals surface area (Å²) >= 11 is 0. The van der Waals surface area contributed by atoms with Gasteiger partial charge >= 0.3 is 24.8 Å². The van der Waals surface area contributed by atoms with Crippen molar-refractivity contribution in [2.24, 2.45) is 11.8 Å². The van der Waals surface area contributed by atoms with Gasteiger partial charge in [-0.2, -0.15) is 26.3 Å². The molecule has 214 valence electrons. The zero-order valence-electron chi connectivity index (χ0n) is 20.0. The number of ether oxygens (including phenoxy) is 2. The highest BCUT2D eigenvalue weighted by Crippen LogP contribution is 2.38. The monoisotopic (exact) mass is 563 g/mol. The molecule has 38 heavy (non-hydrogen) atoms. The van der Waals surface area contributed by atoms with E-state index in [2.05, 4.69) is 14.4 Å². The van der Waals surface area contributed by atoms with Crippen LogP contribution in [0.15, 0.2) is 18.2 Å². The Labute approximate surface area is 212 Å². The molecular formula is C23H26F9N3O3. The Morgan fingerprint density at radius 3 is 1.76 bits per heavy atom. The molecule has 3 fully saturated rings. The first-order valence-electron chi connectivity index (χ1n) is 12.0. The van der Waals surface area contributed by atoms with E-state index in [1.807, 2.05) is 4.90 Å². The van der Waals surface area contributed by atoms with Crippen LogP contribution >= 0.6 is 0 Å². The van der Waals surface area contributed by atoms with E-state index >= 15 is 0 Å². The van der Waals surface area contributed by atoms with Gasteiger partial charge in [0.2, 0.25) is 0 Å². The molecule has 2 atom stereocenters. The number of carbonyl (C=O) groups excluding carboxylic acids is 1. The summed E-state index contributed by atoms with van der Waals surface area (Å²) in [7, 11) is 0. The molecule has 6 nitrogen and oxygen atoms in total. The van der Waals surface area contributed by atoms with Gasteiger partial charge in [-0.05, 0) is 61.0 Å². The molecule has 3 heterocycles. The van der Waals surface area contributed by atoms with Crippen LogP contribution < -0.4 is 4.74 Å². The minimum atomic E-state index is -5.79. The van der Waals surface area contributed by atoms with Crippen molar-refractivity contribution in [1.29, 1.82) is 0 Å². The second kappa shape index (κ2) is 10.6. The summed E-state index contributed by atoms with van der Waals surface area (Å²) < 4.78 is 123. The van der Waals surface area contributed by atoms with Crippen LogP contribution in [0.25, 0.3) is 0 Å². The molecule has 1 aromatic rings. The van der Waals surface area contributed by atoms with Gasteiger partial charge in [0.15, 0.2) is 0 Å². The second-order valence-corrected chi connectivity index (χ2v) is 9.98. The number of hydrogen-bond donors (Lipinski definition) is 0. The largest absolute Gasteiger partial charge is 0.573 e. The lowest BCUT2D eigenvalue weighted by molar-refractivity contribution is -0.308. The summed E-state index contributed by atoms with van der Waals surface area (Å²) in [6.07, 6.45) is -20.3. The molecule has 0 aliphatic carbocycles. The molecule has 3 aliphatic heterocycles. The number of rotatable bonds is 6. The number of hydrogen-bond acceptors (Lipinski definition) is 5. The molecule has 3 saturated heterocycles. The Hall–Kier alpha value is -2.42. The van der Waals surface area contributed by atoms with Gasteiger partial charge in [0.1, 0.15) is 5.75 Å². The van der Waals surface area contributed by atoms with Crippen LogP contribution in [0.2, 0.25) is 0 Å². The van der Waals surface area contributed by atoms with Gasteiger partial charge in [0.05, 0.1) is 0 Å². The summed E-state index contributed by atoms with van der Waals surface area (Å²) in [6.45, 7) is 3.00. The summed E-state index contributed by atoms with van der Waals surface area (Å²) in [5.74, 6) is -0.783. The molecule has 15 heteroatoms. The van der Waals surface area contributed by atoms with E-state index < -0.39 is 30.9 Å². The number of nitrogens with zero attached hydrogens (tertiary/aromatic N) is 3. The van der Waals surface area contributed by atoms with E-state index in [4.69, 9.17) is 0 Å². The molecule has 0 spiro atoms. The van der Waals surface area contributed by atoms with Gasteiger partial charge in [-0.25, -0.2) is 4.79 Å². The second-order valence-electron chi connectivity index (χ2n) is 9.98. The highest BCUT2D eigenvalue weighted by molar-refractivity contribution is 5.68. The van der Waals surface area contributed by atoms with E-state index in [0.717, 1.165) is 30.8 Å². The number of halogens is 9. The Balaban J connectivity index is 1.37. The lowest BCUT2D eigenvalue weighted by atomic mass is 10.0. The fourth-order valence-corrected chi connectivity index (χ4v) is 5.42. The Kier molecular flexibility index (Phi) is 7.99. The number of amides is 1. The maximum Gasteiger partial charge on any atom is 0.573 e. The first-order chi connectivity index (χ1) is 17.6. The van der Waals surface area contributed by atoms with Gasteiger partial charge in [-0.1, -0.05) is 6.07 Å². The minimum Gasteiger partial charge on any atom is -0.426 e. The van der Waals surface area contributed by atoms with Crippen LogP contribution in [0.3, 0.4) is 0 Å². The summed E-state index contributed by atoms with van der Waals surface area (Å²) in [4.78, 5) is 17.0. The van der Waals surface area contributed by atoms with E-state index in [1.54, 1.807) is 6.07 Å². The minimum absolute atomic E-state index is 0.0835. The molecule has 0 N–H and O–H groups in total. The SMILES string of the molecule is O=C(OC(C(F)(F)F)C(F)(F)F)N1CC2CN(Cc3cc(CN4CCCC4)cc(OC(F)(F)F)c3)CC2C1. The molecule has 0 bridgehead atoms. The zero-order chi connectivity index (χ0) is 27.9. The van der Waals surface area contributed by atoms with E-state index in [-0.39, 0.29) is 37.2 Å². The highest BCUT2D eigenvalue weighted by atomic mass is 19.4. The van der Waals surface area contributed by atoms with Crippen molar-refractivity contribution in [3.05, 3.63) is 29.3 Å². The van der Waals surface area contributed by atoms with Crippen LogP contribution in [-0.2, 0) is 17.8 Å². The Morgan fingerprint density at radius 2 is 1.29 bits per heavy atom. The molecule has 2 unspecified atom stereocenters. The van der Waals surface area contributed by atoms with Gasteiger partial charge in [0, 0.05) is 39.3 Å². The average molecular weight is 563 g/mol. The summed E-state index contributed by atoms with van der Waals surface area (Å²) in [5, 5.41) is 0. The van der Waals surface area contributed by atoms with Gasteiger partial charge in [-0.15, -0.1) is 13.2 Å². The van der Waals surface area contributed by atoms with Gasteiger partial charge in [-0.3, -0.25) is 9.80 Å². The molecule has 3 aliphatic rings. The molecule has 1 amide bonds. The lowest BCUT2D eigenvalue weighted by Gasteiger charge is -2.26. The third-order valence-electron chi connectivity index (χ3n) is 6.90. The topological polar surface area (TPSA) is 45.2 Å². The van der Waals surface area contributed by atoms with Crippen LogP contribution in [0.1, 0.15) is 24.0 Å². The average Bonchev–Trinajstić information content (AvgIpc) is 3.45. The zero-order valence-corrected chi connectivity index (χ0v) is 20.0. The van der Waals surface area contributed by atoms with Crippen LogP contribution in [0, 0.1) is 11.8 Å². The van der Waals surface area contributed by atoms with Gasteiger partial charge < -0.3 is 14.4 Å². The van der Waals surface area contributed by atoms with Crippen molar-refractivity contribution < 1.29 is 53.8 Å². The van der Waals surface area contributed by atoms with E-state index in [0.29, 0.717) is 30.8 Å². The predicted molar refractivity (Wildman–Crippen MR) is 114 cm³/mol. The van der Waals surface area contributed by atoms with E-state index in [1.165, 1.54) is 12.1 Å². The van der Waals surface area contributed by atoms with E-state index in [9.17, 15) is 44.3 Å². The standard InChI is InChI=1S/C23H26F9N3O3/c24-21(25,26)19(22(27,28)29)37-20(36)35-12-16-10-34(11-17(16)13-35)9-15-5-14(8-33-3-1-2-4-33)6-18(7-15)38-23(30,31)32/h5-7,16-17,19H,1-4,8-13H2. The van der Waals surface area contributed by atoms with Crippen LogP contribution in [0.5, 0.6) is 5.75 Å².